The minimum absolute atomic E-state index is 0.211. The molecular formula is C12H16N2O3. The summed E-state index contributed by atoms with van der Waals surface area (Å²) in [6.45, 7) is 5.45. The Labute approximate surface area is 99.8 Å². The third-order valence-corrected chi connectivity index (χ3v) is 2.42. The molecule has 0 fully saturated rings. The van der Waals surface area contributed by atoms with E-state index in [1.165, 1.54) is 6.07 Å². The van der Waals surface area contributed by atoms with Crippen LogP contribution in [0.15, 0.2) is 29.4 Å². The molecule has 0 aliphatic heterocycles. The molecule has 5 nitrogen and oxygen atoms in total. The van der Waals surface area contributed by atoms with Gasteiger partial charge in [0, 0.05) is 0 Å². The molecule has 0 amide bonds. The topological polar surface area (TPSA) is 78.8 Å². The van der Waals surface area contributed by atoms with Gasteiger partial charge in [0.05, 0.1) is 5.69 Å². The highest BCUT2D eigenvalue weighted by molar-refractivity contribution is 5.80. The molecule has 1 rings (SSSR count). The molecule has 17 heavy (non-hydrogen) atoms. The average molecular weight is 236 g/mol. The lowest BCUT2D eigenvalue weighted by atomic mass is 9.86. The van der Waals surface area contributed by atoms with Crippen molar-refractivity contribution in [1.29, 1.82) is 0 Å². The minimum atomic E-state index is -0.960. The summed E-state index contributed by atoms with van der Waals surface area (Å²) < 4.78 is 0. The maximum Gasteiger partial charge on any atom is 0.326 e. The smallest absolute Gasteiger partial charge is 0.326 e. The number of anilines is 1. The fourth-order valence-electron chi connectivity index (χ4n) is 1.48. The zero-order chi connectivity index (χ0) is 13.1. The molecule has 0 spiro atoms. The molecule has 0 saturated carbocycles. The first kappa shape index (κ1) is 13.2. The second-order valence-corrected chi connectivity index (χ2v) is 4.89. The molecule has 1 aromatic rings. The van der Waals surface area contributed by atoms with E-state index in [2.05, 4.69) is 10.5 Å². The summed E-state index contributed by atoms with van der Waals surface area (Å²) in [5.41, 5.74) is 0.176. The summed E-state index contributed by atoms with van der Waals surface area (Å²) in [5, 5.41) is 14.9. The number of rotatable bonds is 4. The van der Waals surface area contributed by atoms with E-state index in [4.69, 9.17) is 5.11 Å². The Morgan fingerprint density at radius 1 is 1.35 bits per heavy atom. The normalized spacial score (nSPS) is 12.9. The van der Waals surface area contributed by atoms with E-state index >= 15 is 0 Å². The first-order valence-electron chi connectivity index (χ1n) is 5.28. The number of hydrogen-bond acceptors (Lipinski definition) is 4. The van der Waals surface area contributed by atoms with Gasteiger partial charge in [-0.15, -0.1) is 4.91 Å². The predicted octanol–water partition coefficient (Wildman–Crippen LogP) is 3.00. The summed E-state index contributed by atoms with van der Waals surface area (Å²) in [5.74, 6) is -0.960. The minimum Gasteiger partial charge on any atom is -0.480 e. The van der Waals surface area contributed by atoms with Gasteiger partial charge in [-0.2, -0.15) is 0 Å². The van der Waals surface area contributed by atoms with Gasteiger partial charge >= 0.3 is 5.97 Å². The maximum atomic E-state index is 11.2. The second-order valence-electron chi connectivity index (χ2n) is 4.89. The fourth-order valence-corrected chi connectivity index (χ4v) is 1.48. The zero-order valence-electron chi connectivity index (χ0n) is 10.1. The number of carbonyl (C=O) groups is 1. The molecule has 0 aliphatic carbocycles. The number of carboxylic acid groups (broad SMARTS) is 1. The molecular weight excluding hydrogens is 220 g/mol. The lowest BCUT2D eigenvalue weighted by Crippen LogP contribution is -2.41. The largest absolute Gasteiger partial charge is 0.480 e. The van der Waals surface area contributed by atoms with Crippen molar-refractivity contribution in [3.8, 4) is 0 Å². The number of carboxylic acids is 1. The van der Waals surface area contributed by atoms with Gasteiger partial charge in [0.2, 0.25) is 0 Å². The molecule has 0 aromatic heterocycles. The lowest BCUT2D eigenvalue weighted by molar-refractivity contribution is -0.140. The number of hydrogen-bond donors (Lipinski definition) is 2. The lowest BCUT2D eigenvalue weighted by Gasteiger charge is -2.28. The summed E-state index contributed by atoms with van der Waals surface area (Å²) in [7, 11) is 0. The molecule has 0 heterocycles. The number of nitrogens with one attached hydrogen (secondary N) is 1. The van der Waals surface area contributed by atoms with Gasteiger partial charge in [-0.25, -0.2) is 4.79 Å². The Kier molecular flexibility index (Phi) is 3.83. The van der Waals surface area contributed by atoms with E-state index in [0.717, 1.165) is 0 Å². The SMILES string of the molecule is CC(C)(C)[C@H](Nc1ccccc1N=O)C(=O)O. The standard InChI is InChI=1S/C12H16N2O3/c1-12(2,3)10(11(15)16)13-8-6-4-5-7-9(8)14-17/h4-7,10,13H,1-3H3,(H,15,16)/t10-/m1/s1. The summed E-state index contributed by atoms with van der Waals surface area (Å²) >= 11 is 0. The van der Waals surface area contributed by atoms with Crippen LogP contribution in [-0.2, 0) is 4.79 Å². The van der Waals surface area contributed by atoms with Crippen molar-refractivity contribution in [2.75, 3.05) is 5.32 Å². The molecule has 92 valence electrons. The third kappa shape index (κ3) is 3.27. The van der Waals surface area contributed by atoms with Crippen LogP contribution in [0.5, 0.6) is 0 Å². The molecule has 0 saturated heterocycles. The Balaban J connectivity index is 3.02. The number of nitroso groups, excluding NO2 is 1. The molecule has 5 heteroatoms. The average Bonchev–Trinajstić information content (AvgIpc) is 2.24. The predicted molar refractivity (Wildman–Crippen MR) is 66.4 cm³/mol. The third-order valence-electron chi connectivity index (χ3n) is 2.42. The summed E-state index contributed by atoms with van der Waals surface area (Å²) in [4.78, 5) is 21.8. The van der Waals surface area contributed by atoms with Crippen molar-refractivity contribution in [3.05, 3.63) is 29.2 Å². The van der Waals surface area contributed by atoms with Crippen LogP contribution in [0.2, 0.25) is 0 Å². The molecule has 1 atom stereocenters. The van der Waals surface area contributed by atoms with Gasteiger partial charge in [-0.1, -0.05) is 32.9 Å². The highest BCUT2D eigenvalue weighted by Gasteiger charge is 2.31. The monoisotopic (exact) mass is 236 g/mol. The van der Waals surface area contributed by atoms with Gasteiger partial charge < -0.3 is 10.4 Å². The number of aliphatic carboxylic acids is 1. The maximum absolute atomic E-state index is 11.2. The molecule has 2 N–H and O–H groups in total. The van der Waals surface area contributed by atoms with Gasteiger partial charge in [-0.05, 0) is 22.7 Å². The number of para-hydroxylation sites is 1. The van der Waals surface area contributed by atoms with E-state index in [-0.39, 0.29) is 5.69 Å². The van der Waals surface area contributed by atoms with Gasteiger partial charge in [0.1, 0.15) is 11.7 Å². The van der Waals surface area contributed by atoms with Crippen LogP contribution in [0.1, 0.15) is 20.8 Å². The second kappa shape index (κ2) is 4.95. The molecule has 0 aliphatic rings. The van der Waals surface area contributed by atoms with Gasteiger partial charge in [-0.3, -0.25) is 0 Å². The van der Waals surface area contributed by atoms with Crippen molar-refractivity contribution in [3.63, 3.8) is 0 Å². The van der Waals surface area contributed by atoms with Crippen LogP contribution in [0.3, 0.4) is 0 Å². The van der Waals surface area contributed by atoms with Crippen molar-refractivity contribution in [2.45, 2.75) is 26.8 Å². The van der Waals surface area contributed by atoms with Crippen LogP contribution in [0.4, 0.5) is 11.4 Å². The van der Waals surface area contributed by atoms with E-state index in [1.807, 2.05) is 20.8 Å². The van der Waals surface area contributed by atoms with Crippen LogP contribution in [-0.4, -0.2) is 17.1 Å². The van der Waals surface area contributed by atoms with Crippen LogP contribution in [0, 0.1) is 10.3 Å². The summed E-state index contributed by atoms with van der Waals surface area (Å²) in [6, 6.07) is 5.79. The van der Waals surface area contributed by atoms with Crippen molar-refractivity contribution >= 4 is 17.3 Å². The van der Waals surface area contributed by atoms with Crippen LogP contribution in [0.25, 0.3) is 0 Å². The molecule has 1 aromatic carbocycles. The van der Waals surface area contributed by atoms with E-state index in [1.54, 1.807) is 18.2 Å². The van der Waals surface area contributed by atoms with E-state index in [9.17, 15) is 9.70 Å². The van der Waals surface area contributed by atoms with Crippen LogP contribution < -0.4 is 5.32 Å². The molecule has 0 radical (unpaired) electrons. The number of benzene rings is 1. The first-order chi connectivity index (χ1) is 7.86. The fraction of sp³-hybridized carbons (Fsp3) is 0.417. The van der Waals surface area contributed by atoms with E-state index < -0.39 is 17.4 Å². The van der Waals surface area contributed by atoms with E-state index in [0.29, 0.717) is 5.69 Å². The van der Waals surface area contributed by atoms with Gasteiger partial charge in [0.25, 0.3) is 0 Å². The van der Waals surface area contributed by atoms with Crippen molar-refractivity contribution < 1.29 is 9.90 Å². The van der Waals surface area contributed by atoms with Crippen LogP contribution >= 0.6 is 0 Å². The number of nitrogens with zero attached hydrogens (tertiary/aromatic N) is 1. The highest BCUT2D eigenvalue weighted by atomic mass is 16.4. The quantitative estimate of drug-likeness (QED) is 0.787. The zero-order valence-corrected chi connectivity index (χ0v) is 10.1. The first-order valence-corrected chi connectivity index (χ1v) is 5.28. The van der Waals surface area contributed by atoms with Crippen molar-refractivity contribution in [2.24, 2.45) is 10.6 Å². The Hall–Kier alpha value is -1.91. The summed E-state index contributed by atoms with van der Waals surface area (Å²) in [6.07, 6.45) is 0. The molecule has 0 bridgehead atoms. The molecule has 0 unspecified atom stereocenters. The van der Waals surface area contributed by atoms with Crippen molar-refractivity contribution in [1.82, 2.24) is 0 Å². The Bertz CT molecular complexity index is 424. The Morgan fingerprint density at radius 3 is 2.41 bits per heavy atom. The Morgan fingerprint density at radius 2 is 1.94 bits per heavy atom. The highest BCUT2D eigenvalue weighted by Crippen LogP contribution is 2.29. The van der Waals surface area contributed by atoms with Gasteiger partial charge in [0.15, 0.2) is 0 Å².